The number of carbonyl (C=O) groups is 1. The number of hydrogen-bond donors (Lipinski definition) is 6. The summed E-state index contributed by atoms with van der Waals surface area (Å²) < 4.78 is 11.3. The van der Waals surface area contributed by atoms with Gasteiger partial charge in [-0.3, -0.25) is 4.79 Å². The van der Waals surface area contributed by atoms with Crippen molar-refractivity contribution in [1.29, 1.82) is 0 Å². The number of aliphatic hydroxyl groups excluding tert-OH is 5. The molecule has 0 bridgehead atoms. The zero-order valence-corrected chi connectivity index (χ0v) is 43.2. The van der Waals surface area contributed by atoms with E-state index < -0.39 is 49.5 Å². The van der Waals surface area contributed by atoms with E-state index in [0.717, 1.165) is 44.9 Å². The molecule has 1 amide bonds. The summed E-state index contributed by atoms with van der Waals surface area (Å²) in [6, 6.07) is -0.720. The molecule has 6 N–H and O–H groups in total. The third-order valence-corrected chi connectivity index (χ3v) is 13.8. The molecule has 1 fully saturated rings. The predicted molar refractivity (Wildman–Crippen MR) is 277 cm³/mol. The van der Waals surface area contributed by atoms with Gasteiger partial charge in [0.25, 0.3) is 0 Å². The summed E-state index contributed by atoms with van der Waals surface area (Å²) in [7, 11) is 0. The van der Waals surface area contributed by atoms with Gasteiger partial charge in [-0.2, -0.15) is 0 Å². The first-order chi connectivity index (χ1) is 32.3. The van der Waals surface area contributed by atoms with Gasteiger partial charge in [-0.1, -0.05) is 256 Å². The molecule has 0 aliphatic carbocycles. The van der Waals surface area contributed by atoms with Crippen molar-refractivity contribution in [3.8, 4) is 0 Å². The average molecular weight is 936 g/mol. The number of unbranched alkanes of at least 4 members (excludes halogenated alkanes) is 36. The first-order valence-corrected chi connectivity index (χ1v) is 28.6. The SMILES string of the molecule is CCCCC/C=C\C=C/CCCCCCCCCCCCC(=O)NC(COC1OC(CO)C(O)C(O)C1O)C(O)CCCCCCCCCCCCCCCCCCCCCCCCCC. The quantitative estimate of drug-likeness (QED) is 0.0261. The van der Waals surface area contributed by atoms with Crippen LogP contribution in [-0.4, -0.2) is 87.5 Å². The van der Waals surface area contributed by atoms with Gasteiger partial charge in [0.2, 0.25) is 5.91 Å². The Kier molecular flexibility index (Phi) is 45.0. The molecule has 1 aliphatic rings. The summed E-state index contributed by atoms with van der Waals surface area (Å²) in [4.78, 5) is 13.1. The minimum absolute atomic E-state index is 0.137. The largest absolute Gasteiger partial charge is 0.394 e. The highest BCUT2D eigenvalue weighted by molar-refractivity contribution is 5.76. The lowest BCUT2D eigenvalue weighted by Crippen LogP contribution is -2.60. The first-order valence-electron chi connectivity index (χ1n) is 28.6. The molecule has 390 valence electrons. The van der Waals surface area contributed by atoms with Gasteiger partial charge in [-0.25, -0.2) is 0 Å². The molecule has 7 atom stereocenters. The molecule has 0 spiro atoms. The molecule has 0 aromatic heterocycles. The van der Waals surface area contributed by atoms with E-state index >= 15 is 0 Å². The summed E-state index contributed by atoms with van der Waals surface area (Å²) >= 11 is 0. The number of hydrogen-bond acceptors (Lipinski definition) is 8. The van der Waals surface area contributed by atoms with Crippen molar-refractivity contribution in [3.05, 3.63) is 24.3 Å². The Morgan fingerprint density at radius 2 is 0.879 bits per heavy atom. The Bertz CT molecular complexity index is 1090. The summed E-state index contributed by atoms with van der Waals surface area (Å²) in [5, 5.41) is 54.7. The van der Waals surface area contributed by atoms with E-state index in [9.17, 15) is 30.3 Å². The number of carbonyl (C=O) groups excluding carboxylic acids is 1. The Labute approximate surface area is 407 Å². The molecular weight excluding hydrogens is 827 g/mol. The number of aliphatic hydroxyl groups is 5. The van der Waals surface area contributed by atoms with Crippen LogP contribution in [0.4, 0.5) is 0 Å². The molecule has 9 nitrogen and oxygen atoms in total. The van der Waals surface area contributed by atoms with Crippen LogP contribution in [-0.2, 0) is 14.3 Å². The molecule has 66 heavy (non-hydrogen) atoms. The van der Waals surface area contributed by atoms with Crippen molar-refractivity contribution < 1.29 is 39.8 Å². The van der Waals surface area contributed by atoms with Crippen molar-refractivity contribution in [2.24, 2.45) is 0 Å². The Morgan fingerprint density at radius 3 is 1.30 bits per heavy atom. The van der Waals surface area contributed by atoms with Gasteiger partial charge in [0.05, 0.1) is 25.4 Å². The highest BCUT2D eigenvalue weighted by Crippen LogP contribution is 2.23. The lowest BCUT2D eigenvalue weighted by molar-refractivity contribution is -0.302. The van der Waals surface area contributed by atoms with Crippen molar-refractivity contribution in [2.75, 3.05) is 13.2 Å². The maximum Gasteiger partial charge on any atom is 0.220 e. The normalized spacial score (nSPS) is 19.9. The fourth-order valence-corrected chi connectivity index (χ4v) is 9.27. The number of amides is 1. The van der Waals surface area contributed by atoms with Crippen LogP contribution in [0.3, 0.4) is 0 Å². The molecule has 1 heterocycles. The highest BCUT2D eigenvalue weighted by Gasteiger charge is 2.44. The van der Waals surface area contributed by atoms with Gasteiger partial charge in [-0.15, -0.1) is 0 Å². The fourth-order valence-electron chi connectivity index (χ4n) is 9.27. The van der Waals surface area contributed by atoms with Crippen molar-refractivity contribution in [1.82, 2.24) is 5.32 Å². The zero-order valence-electron chi connectivity index (χ0n) is 43.2. The maximum absolute atomic E-state index is 13.1. The minimum Gasteiger partial charge on any atom is -0.394 e. The minimum atomic E-state index is -1.55. The van der Waals surface area contributed by atoms with Crippen molar-refractivity contribution in [3.63, 3.8) is 0 Å². The van der Waals surface area contributed by atoms with Crippen LogP contribution >= 0.6 is 0 Å². The lowest BCUT2D eigenvalue weighted by atomic mass is 9.99. The van der Waals surface area contributed by atoms with E-state index in [2.05, 4.69) is 43.5 Å². The Hall–Kier alpha value is -1.33. The van der Waals surface area contributed by atoms with Gasteiger partial charge in [0.15, 0.2) is 6.29 Å². The topological polar surface area (TPSA) is 149 Å². The average Bonchev–Trinajstić information content (AvgIpc) is 3.32. The van der Waals surface area contributed by atoms with Crippen LogP contribution in [0.5, 0.6) is 0 Å². The van der Waals surface area contributed by atoms with E-state index in [1.165, 1.54) is 205 Å². The van der Waals surface area contributed by atoms with Crippen LogP contribution < -0.4 is 5.32 Å². The smallest absolute Gasteiger partial charge is 0.220 e. The molecule has 0 aromatic rings. The van der Waals surface area contributed by atoms with E-state index in [1.807, 2.05) is 0 Å². The van der Waals surface area contributed by atoms with E-state index in [0.29, 0.717) is 12.8 Å². The molecule has 9 heteroatoms. The molecule has 1 saturated heterocycles. The third kappa shape index (κ3) is 36.6. The van der Waals surface area contributed by atoms with Crippen molar-refractivity contribution in [2.45, 2.75) is 320 Å². The van der Waals surface area contributed by atoms with Crippen LogP contribution in [0.1, 0.15) is 277 Å². The summed E-state index contributed by atoms with van der Waals surface area (Å²) in [6.45, 7) is 3.84. The van der Waals surface area contributed by atoms with Gasteiger partial charge in [-0.05, 0) is 38.5 Å². The summed E-state index contributed by atoms with van der Waals surface area (Å²) in [5.41, 5.74) is 0. The lowest BCUT2D eigenvalue weighted by Gasteiger charge is -2.40. The second-order valence-corrected chi connectivity index (χ2v) is 20.1. The van der Waals surface area contributed by atoms with Gasteiger partial charge in [0.1, 0.15) is 24.4 Å². The van der Waals surface area contributed by atoms with E-state index in [1.54, 1.807) is 0 Å². The standard InChI is InChI=1S/C57H109NO8/c1-3-5-7-9-11-13-15-17-19-21-23-24-25-26-27-29-30-32-34-36-38-40-42-44-46-51(60)50(49-65-57-56(64)55(63)54(62)52(48-59)66-57)58-53(61)47-45-43-41-39-37-35-33-31-28-22-20-18-16-14-12-10-8-6-4-2/h12,14,16,18,50-52,54-57,59-60,62-64H,3-11,13,15,17,19-49H2,1-2H3,(H,58,61)/b14-12-,18-16-. The second kappa shape index (κ2) is 47.4. The maximum atomic E-state index is 13.1. The molecule has 1 rings (SSSR count). The van der Waals surface area contributed by atoms with Gasteiger partial charge < -0.3 is 40.3 Å². The molecule has 0 aromatic carbocycles. The number of rotatable bonds is 49. The van der Waals surface area contributed by atoms with Crippen LogP contribution in [0, 0.1) is 0 Å². The number of ether oxygens (including phenoxy) is 2. The van der Waals surface area contributed by atoms with Crippen LogP contribution in [0.15, 0.2) is 24.3 Å². The van der Waals surface area contributed by atoms with Crippen LogP contribution in [0.25, 0.3) is 0 Å². The fraction of sp³-hybridized carbons (Fsp3) is 0.912. The van der Waals surface area contributed by atoms with Crippen molar-refractivity contribution >= 4 is 5.91 Å². The van der Waals surface area contributed by atoms with Gasteiger partial charge >= 0.3 is 0 Å². The van der Waals surface area contributed by atoms with E-state index in [4.69, 9.17) is 9.47 Å². The first kappa shape index (κ1) is 62.7. The second-order valence-electron chi connectivity index (χ2n) is 20.1. The molecule has 0 radical (unpaired) electrons. The third-order valence-electron chi connectivity index (χ3n) is 13.8. The Balaban J connectivity index is 2.21. The van der Waals surface area contributed by atoms with Crippen LogP contribution in [0.2, 0.25) is 0 Å². The Morgan fingerprint density at radius 1 is 0.515 bits per heavy atom. The monoisotopic (exact) mass is 936 g/mol. The highest BCUT2D eigenvalue weighted by atomic mass is 16.7. The molecule has 7 unspecified atom stereocenters. The molecule has 1 aliphatic heterocycles. The number of allylic oxidation sites excluding steroid dienone is 4. The predicted octanol–water partition coefficient (Wildman–Crippen LogP) is 13.8. The van der Waals surface area contributed by atoms with Gasteiger partial charge in [0, 0.05) is 6.42 Å². The summed E-state index contributed by atoms with van der Waals surface area (Å²) in [6.07, 6.45) is 52.0. The number of nitrogens with one attached hydrogen (secondary N) is 1. The zero-order chi connectivity index (χ0) is 48.0. The van der Waals surface area contributed by atoms with E-state index in [-0.39, 0.29) is 12.5 Å². The molecular formula is C57H109NO8. The summed E-state index contributed by atoms with van der Waals surface area (Å²) in [5.74, 6) is -0.145. The molecule has 0 saturated carbocycles.